The molecule has 166 valence electrons. The van der Waals surface area contributed by atoms with Gasteiger partial charge in [0.2, 0.25) is 0 Å². The number of fused-ring (bicyclic) bond motifs is 3. The van der Waals surface area contributed by atoms with Crippen molar-refractivity contribution in [3.63, 3.8) is 0 Å². The zero-order valence-corrected chi connectivity index (χ0v) is 20.9. The highest BCUT2D eigenvalue weighted by atomic mass is 79.9. The average Bonchev–Trinajstić information content (AvgIpc) is 2.83. The molecule has 0 N–H and O–H groups in total. The second-order valence-electron chi connectivity index (χ2n) is 9.54. The number of ether oxygens (including phenoxy) is 2. The van der Waals surface area contributed by atoms with Crippen LogP contribution in [0.25, 0.3) is 16.8 Å². The first kappa shape index (κ1) is 21.8. The standard InChI is InChI=1S/C30H27BrO2/c1-29(2,3)27-19-20-7-5-6-8-25(20)28-26(27)17-18-30(33-28,21-9-13-23(31)14-10-21)22-11-15-24(32-4)16-12-22/h5-19H,1-4H3. The molecule has 33 heavy (non-hydrogen) atoms. The maximum atomic E-state index is 7.11. The Morgan fingerprint density at radius 3 is 2.12 bits per heavy atom. The summed E-state index contributed by atoms with van der Waals surface area (Å²) in [6.07, 6.45) is 4.45. The first-order valence-electron chi connectivity index (χ1n) is 11.2. The molecule has 4 aromatic rings. The van der Waals surface area contributed by atoms with Gasteiger partial charge in [0.05, 0.1) is 7.11 Å². The molecular formula is C30H27BrO2. The molecule has 0 aliphatic carbocycles. The van der Waals surface area contributed by atoms with Crippen LogP contribution in [0.15, 0.2) is 89.4 Å². The van der Waals surface area contributed by atoms with Gasteiger partial charge < -0.3 is 9.47 Å². The SMILES string of the molecule is COc1ccc(C2(c3ccc(Br)cc3)C=Cc3c(C(C)(C)C)cc4ccccc4c3O2)cc1. The third-order valence-corrected chi connectivity index (χ3v) is 6.92. The van der Waals surface area contributed by atoms with E-state index in [0.29, 0.717) is 0 Å². The van der Waals surface area contributed by atoms with E-state index in [9.17, 15) is 0 Å². The van der Waals surface area contributed by atoms with Crippen molar-refractivity contribution < 1.29 is 9.47 Å². The van der Waals surface area contributed by atoms with Crippen molar-refractivity contribution in [1.29, 1.82) is 0 Å². The van der Waals surface area contributed by atoms with Crippen molar-refractivity contribution in [1.82, 2.24) is 0 Å². The molecule has 0 bridgehead atoms. The molecule has 3 heteroatoms. The average molecular weight is 499 g/mol. The quantitative estimate of drug-likeness (QED) is 0.283. The van der Waals surface area contributed by atoms with Gasteiger partial charge in [-0.05, 0) is 52.8 Å². The van der Waals surface area contributed by atoms with Crippen LogP contribution in [0.2, 0.25) is 0 Å². The lowest BCUT2D eigenvalue weighted by atomic mass is 9.78. The van der Waals surface area contributed by atoms with Crippen LogP contribution in [0.1, 0.15) is 43.0 Å². The summed E-state index contributed by atoms with van der Waals surface area (Å²) in [4.78, 5) is 0. The van der Waals surface area contributed by atoms with Gasteiger partial charge in [0.25, 0.3) is 0 Å². The van der Waals surface area contributed by atoms with E-state index in [1.54, 1.807) is 7.11 Å². The number of hydrogen-bond donors (Lipinski definition) is 0. The molecule has 0 fully saturated rings. The Morgan fingerprint density at radius 1 is 0.848 bits per heavy atom. The molecule has 1 unspecified atom stereocenters. The molecule has 5 rings (SSSR count). The first-order chi connectivity index (χ1) is 15.8. The molecule has 2 nitrogen and oxygen atoms in total. The third-order valence-electron chi connectivity index (χ3n) is 6.39. The third kappa shape index (κ3) is 3.75. The molecular weight excluding hydrogens is 472 g/mol. The number of rotatable bonds is 3. The predicted molar refractivity (Wildman–Crippen MR) is 140 cm³/mol. The van der Waals surface area contributed by atoms with Crippen molar-refractivity contribution in [2.24, 2.45) is 0 Å². The molecule has 0 radical (unpaired) electrons. The van der Waals surface area contributed by atoms with Crippen LogP contribution in [0.4, 0.5) is 0 Å². The zero-order valence-electron chi connectivity index (χ0n) is 19.4. The van der Waals surface area contributed by atoms with Crippen molar-refractivity contribution in [2.45, 2.75) is 31.8 Å². The highest BCUT2D eigenvalue weighted by Crippen LogP contribution is 2.48. The van der Waals surface area contributed by atoms with Crippen LogP contribution in [0.5, 0.6) is 11.5 Å². The van der Waals surface area contributed by atoms with E-state index in [0.717, 1.165) is 38.0 Å². The molecule has 1 aliphatic heterocycles. The maximum absolute atomic E-state index is 7.11. The van der Waals surface area contributed by atoms with E-state index in [1.165, 1.54) is 10.9 Å². The summed E-state index contributed by atoms with van der Waals surface area (Å²) in [6.45, 7) is 6.77. The van der Waals surface area contributed by atoms with Crippen LogP contribution in [0, 0.1) is 0 Å². The normalized spacial score (nSPS) is 17.5. The van der Waals surface area contributed by atoms with Gasteiger partial charge in [-0.3, -0.25) is 0 Å². The lowest BCUT2D eigenvalue weighted by Gasteiger charge is -2.38. The van der Waals surface area contributed by atoms with Gasteiger partial charge in [-0.1, -0.05) is 91.3 Å². The Hall–Kier alpha value is -3.04. The lowest BCUT2D eigenvalue weighted by Crippen LogP contribution is -2.35. The maximum Gasteiger partial charge on any atom is 0.178 e. The van der Waals surface area contributed by atoms with Gasteiger partial charge in [0.15, 0.2) is 5.60 Å². The molecule has 1 aliphatic rings. The molecule has 0 aromatic heterocycles. The van der Waals surface area contributed by atoms with Gasteiger partial charge in [0.1, 0.15) is 11.5 Å². The number of methoxy groups -OCH3 is 1. The highest BCUT2D eigenvalue weighted by Gasteiger charge is 2.39. The van der Waals surface area contributed by atoms with Gasteiger partial charge in [-0.25, -0.2) is 0 Å². The minimum absolute atomic E-state index is 0.0143. The largest absolute Gasteiger partial charge is 0.497 e. The Kier molecular flexibility index (Phi) is 5.33. The summed E-state index contributed by atoms with van der Waals surface area (Å²) in [5, 5.41) is 2.32. The van der Waals surface area contributed by atoms with Gasteiger partial charge >= 0.3 is 0 Å². The van der Waals surface area contributed by atoms with E-state index in [2.05, 4.69) is 116 Å². The van der Waals surface area contributed by atoms with Crippen molar-refractivity contribution in [3.8, 4) is 11.5 Å². The van der Waals surface area contributed by atoms with Crippen molar-refractivity contribution in [3.05, 3.63) is 112 Å². The highest BCUT2D eigenvalue weighted by molar-refractivity contribution is 9.10. The van der Waals surface area contributed by atoms with Gasteiger partial charge in [-0.15, -0.1) is 0 Å². The molecule has 0 spiro atoms. The zero-order chi connectivity index (χ0) is 23.2. The second kappa shape index (κ2) is 8.07. The van der Waals surface area contributed by atoms with Crippen LogP contribution in [0.3, 0.4) is 0 Å². The summed E-state index contributed by atoms with van der Waals surface area (Å²) >= 11 is 3.58. The van der Waals surface area contributed by atoms with Gasteiger partial charge in [-0.2, -0.15) is 0 Å². The fourth-order valence-corrected chi connectivity index (χ4v) is 4.90. The Balaban J connectivity index is 1.79. The van der Waals surface area contributed by atoms with E-state index in [-0.39, 0.29) is 5.41 Å². The van der Waals surface area contributed by atoms with E-state index in [1.807, 2.05) is 12.1 Å². The molecule has 0 saturated heterocycles. The molecule has 1 heterocycles. The minimum atomic E-state index is -0.751. The second-order valence-corrected chi connectivity index (χ2v) is 10.5. The van der Waals surface area contributed by atoms with Gasteiger partial charge in [0, 0.05) is 26.5 Å². The first-order valence-corrected chi connectivity index (χ1v) is 12.0. The van der Waals surface area contributed by atoms with Crippen LogP contribution >= 0.6 is 15.9 Å². The summed E-state index contributed by atoms with van der Waals surface area (Å²) < 4.78 is 13.6. The minimum Gasteiger partial charge on any atom is -0.497 e. The molecule has 4 aromatic carbocycles. The predicted octanol–water partition coefficient (Wildman–Crippen LogP) is 8.26. The Bertz CT molecular complexity index is 1350. The summed E-state index contributed by atoms with van der Waals surface area (Å²) in [5.74, 6) is 1.75. The van der Waals surface area contributed by atoms with Crippen LogP contribution in [-0.4, -0.2) is 7.11 Å². The van der Waals surface area contributed by atoms with E-state index in [4.69, 9.17) is 9.47 Å². The Morgan fingerprint density at radius 2 is 1.48 bits per heavy atom. The summed E-state index contributed by atoms with van der Waals surface area (Å²) in [5.41, 5.74) is 3.80. The Labute approximate surface area is 204 Å². The fraction of sp³-hybridized carbons (Fsp3) is 0.200. The van der Waals surface area contributed by atoms with E-state index < -0.39 is 5.60 Å². The van der Waals surface area contributed by atoms with E-state index >= 15 is 0 Å². The van der Waals surface area contributed by atoms with Crippen molar-refractivity contribution in [2.75, 3.05) is 7.11 Å². The molecule has 0 saturated carbocycles. The smallest absolute Gasteiger partial charge is 0.178 e. The topological polar surface area (TPSA) is 18.5 Å². The number of halogens is 1. The molecule has 0 amide bonds. The number of hydrogen-bond acceptors (Lipinski definition) is 2. The van der Waals surface area contributed by atoms with Crippen LogP contribution < -0.4 is 9.47 Å². The summed E-state index contributed by atoms with van der Waals surface area (Å²) in [7, 11) is 1.69. The lowest BCUT2D eigenvalue weighted by molar-refractivity contribution is 0.163. The molecule has 1 atom stereocenters. The summed E-state index contributed by atoms with van der Waals surface area (Å²) in [6, 6.07) is 27.3. The fourth-order valence-electron chi connectivity index (χ4n) is 4.64. The monoisotopic (exact) mass is 498 g/mol. The number of benzene rings is 4. The van der Waals surface area contributed by atoms with Crippen molar-refractivity contribution >= 4 is 32.8 Å². The van der Waals surface area contributed by atoms with Crippen LogP contribution in [-0.2, 0) is 11.0 Å².